The van der Waals surface area contributed by atoms with E-state index in [1.807, 2.05) is 72.8 Å². The van der Waals surface area contributed by atoms with E-state index in [1.165, 1.54) is 12.1 Å². The van der Waals surface area contributed by atoms with Crippen LogP contribution in [0, 0.1) is 0 Å². The van der Waals surface area contributed by atoms with Gasteiger partial charge in [-0.15, -0.1) is 0 Å². The first-order valence-electron chi connectivity index (χ1n) is 9.50. The van der Waals surface area contributed by atoms with E-state index >= 15 is 0 Å². The molecule has 0 saturated heterocycles. The van der Waals surface area contributed by atoms with E-state index in [0.717, 1.165) is 16.8 Å². The topological polar surface area (TPSA) is 62.1 Å². The zero-order chi connectivity index (χ0) is 20.2. The number of phenols is 1. The number of hydrogen-bond donors (Lipinski definition) is 1. The summed E-state index contributed by atoms with van der Waals surface area (Å²) in [4.78, 5) is 13.5. The van der Waals surface area contributed by atoms with Crippen LogP contribution in [0.1, 0.15) is 35.3 Å². The van der Waals surface area contributed by atoms with Gasteiger partial charge in [0.2, 0.25) is 0 Å². The number of nitrogens with zero attached hydrogens (tertiary/aromatic N) is 2. The Kier molecular flexibility index (Phi) is 5.40. The highest BCUT2D eigenvalue weighted by atomic mass is 16.5. The van der Waals surface area contributed by atoms with Crippen molar-refractivity contribution in [3.63, 3.8) is 0 Å². The second-order valence-electron chi connectivity index (χ2n) is 6.90. The third-order valence-electron chi connectivity index (χ3n) is 5.10. The van der Waals surface area contributed by atoms with Crippen molar-refractivity contribution in [1.29, 1.82) is 0 Å². The number of ether oxygens (including phenoxy) is 1. The van der Waals surface area contributed by atoms with Crippen LogP contribution in [0.5, 0.6) is 5.75 Å². The minimum absolute atomic E-state index is 0.147. The van der Waals surface area contributed by atoms with Crippen LogP contribution in [-0.2, 0) is 9.53 Å². The Labute approximate surface area is 169 Å². The quantitative estimate of drug-likeness (QED) is 0.704. The molecule has 0 unspecified atom stereocenters. The summed E-state index contributed by atoms with van der Waals surface area (Å²) in [5.74, 6) is -0.119. The highest BCUT2D eigenvalue weighted by molar-refractivity contribution is 6.03. The van der Waals surface area contributed by atoms with Gasteiger partial charge in [0.1, 0.15) is 5.75 Å². The summed E-state index contributed by atoms with van der Waals surface area (Å²) in [6, 6.07) is 25.8. The molecule has 1 heterocycles. The largest absolute Gasteiger partial charge is 0.508 e. The normalized spacial score (nSPS) is 17.1. The number of aromatic hydroxyl groups is 1. The van der Waals surface area contributed by atoms with Gasteiger partial charge in [0.15, 0.2) is 6.10 Å². The van der Waals surface area contributed by atoms with Crippen molar-refractivity contribution in [2.75, 3.05) is 7.11 Å². The number of amides is 1. The SMILES string of the molecule is CO[C@H](C(=O)N1N=C(c2ccccc2)C[C@@H]1c1ccccc1O)c1ccccc1. The second kappa shape index (κ2) is 8.29. The molecule has 1 aliphatic rings. The van der Waals surface area contributed by atoms with Gasteiger partial charge in [-0.05, 0) is 17.2 Å². The lowest BCUT2D eigenvalue weighted by atomic mass is 9.97. The first kappa shape index (κ1) is 18.9. The van der Waals surface area contributed by atoms with Gasteiger partial charge in [-0.2, -0.15) is 5.10 Å². The Balaban J connectivity index is 1.74. The number of carbonyl (C=O) groups excluding carboxylic acids is 1. The number of rotatable bonds is 5. The fourth-order valence-corrected chi connectivity index (χ4v) is 3.66. The zero-order valence-electron chi connectivity index (χ0n) is 16.1. The monoisotopic (exact) mass is 386 g/mol. The summed E-state index contributed by atoms with van der Waals surface area (Å²) in [5, 5.41) is 16.5. The highest BCUT2D eigenvalue weighted by Crippen LogP contribution is 2.38. The molecular formula is C24H22N2O3. The van der Waals surface area contributed by atoms with Gasteiger partial charge in [-0.3, -0.25) is 4.79 Å². The maximum Gasteiger partial charge on any atom is 0.276 e. The van der Waals surface area contributed by atoms with Crippen molar-refractivity contribution in [3.05, 3.63) is 102 Å². The Morgan fingerprint density at radius 2 is 1.62 bits per heavy atom. The number of para-hydroxylation sites is 1. The van der Waals surface area contributed by atoms with E-state index in [9.17, 15) is 9.90 Å². The Hall–Kier alpha value is -3.44. The fraction of sp³-hybridized carbons (Fsp3) is 0.167. The van der Waals surface area contributed by atoms with E-state index in [2.05, 4.69) is 5.10 Å². The Morgan fingerprint density at radius 3 is 2.28 bits per heavy atom. The van der Waals surface area contributed by atoms with Crippen LogP contribution in [-0.4, -0.2) is 28.8 Å². The average Bonchev–Trinajstić information content (AvgIpc) is 3.21. The van der Waals surface area contributed by atoms with Gasteiger partial charge >= 0.3 is 0 Å². The van der Waals surface area contributed by atoms with E-state index < -0.39 is 12.1 Å². The van der Waals surface area contributed by atoms with Crippen LogP contribution in [0.25, 0.3) is 0 Å². The van der Waals surface area contributed by atoms with Gasteiger partial charge in [0.25, 0.3) is 5.91 Å². The molecule has 2 atom stereocenters. The van der Waals surface area contributed by atoms with Crippen molar-refractivity contribution in [3.8, 4) is 5.75 Å². The molecule has 0 aromatic heterocycles. The summed E-state index contributed by atoms with van der Waals surface area (Å²) in [5.41, 5.74) is 3.19. The number of phenolic OH excluding ortho intramolecular Hbond substituents is 1. The molecule has 1 amide bonds. The zero-order valence-corrected chi connectivity index (χ0v) is 16.1. The standard InChI is InChI=1S/C24H22N2O3/c1-29-23(18-12-6-3-7-13-18)24(28)26-21(19-14-8-9-15-22(19)27)16-20(25-26)17-10-4-2-5-11-17/h2-15,21,23,27H,16H2,1H3/t21-,23+/m1/s1. The van der Waals surface area contributed by atoms with Crippen molar-refractivity contribution < 1.29 is 14.6 Å². The first-order chi connectivity index (χ1) is 14.2. The predicted molar refractivity (Wildman–Crippen MR) is 111 cm³/mol. The van der Waals surface area contributed by atoms with Gasteiger partial charge in [0, 0.05) is 19.1 Å². The third-order valence-corrected chi connectivity index (χ3v) is 5.10. The molecule has 29 heavy (non-hydrogen) atoms. The predicted octanol–water partition coefficient (Wildman–Crippen LogP) is 4.46. The second-order valence-corrected chi connectivity index (χ2v) is 6.90. The van der Waals surface area contributed by atoms with Crippen LogP contribution < -0.4 is 0 Å². The van der Waals surface area contributed by atoms with Gasteiger partial charge in [-0.1, -0.05) is 78.9 Å². The summed E-state index contributed by atoms with van der Waals surface area (Å²) in [6.07, 6.45) is -0.262. The summed E-state index contributed by atoms with van der Waals surface area (Å²) < 4.78 is 5.54. The molecule has 146 valence electrons. The fourth-order valence-electron chi connectivity index (χ4n) is 3.66. The Morgan fingerprint density at radius 1 is 1.00 bits per heavy atom. The molecule has 0 radical (unpaired) electrons. The minimum Gasteiger partial charge on any atom is -0.508 e. The lowest BCUT2D eigenvalue weighted by Crippen LogP contribution is -2.32. The molecule has 1 N–H and O–H groups in total. The van der Waals surface area contributed by atoms with Crippen LogP contribution in [0.2, 0.25) is 0 Å². The molecule has 0 spiro atoms. The van der Waals surface area contributed by atoms with Crippen molar-refractivity contribution in [2.24, 2.45) is 5.10 Å². The molecular weight excluding hydrogens is 364 g/mol. The molecule has 0 saturated carbocycles. The van der Waals surface area contributed by atoms with Gasteiger partial charge in [0.05, 0.1) is 11.8 Å². The molecule has 1 aliphatic heterocycles. The molecule has 0 bridgehead atoms. The van der Waals surface area contributed by atoms with Crippen molar-refractivity contribution in [1.82, 2.24) is 5.01 Å². The summed E-state index contributed by atoms with van der Waals surface area (Å²) >= 11 is 0. The molecule has 0 fully saturated rings. The average molecular weight is 386 g/mol. The molecule has 3 aromatic carbocycles. The number of benzene rings is 3. The molecule has 5 heteroatoms. The van der Waals surface area contributed by atoms with E-state index in [4.69, 9.17) is 4.74 Å². The lowest BCUT2D eigenvalue weighted by Gasteiger charge is -2.26. The summed E-state index contributed by atoms with van der Waals surface area (Å²) in [6.45, 7) is 0. The van der Waals surface area contributed by atoms with E-state index in [1.54, 1.807) is 12.1 Å². The number of hydrogen-bond acceptors (Lipinski definition) is 4. The lowest BCUT2D eigenvalue weighted by molar-refractivity contribution is -0.144. The van der Waals surface area contributed by atoms with E-state index in [-0.39, 0.29) is 11.7 Å². The highest BCUT2D eigenvalue weighted by Gasteiger charge is 2.38. The van der Waals surface area contributed by atoms with E-state index in [0.29, 0.717) is 12.0 Å². The molecule has 3 aromatic rings. The third kappa shape index (κ3) is 3.77. The maximum absolute atomic E-state index is 13.5. The van der Waals surface area contributed by atoms with Crippen LogP contribution >= 0.6 is 0 Å². The van der Waals surface area contributed by atoms with Crippen LogP contribution in [0.3, 0.4) is 0 Å². The Bertz CT molecular complexity index is 1020. The first-order valence-corrected chi connectivity index (χ1v) is 9.50. The smallest absolute Gasteiger partial charge is 0.276 e. The number of methoxy groups -OCH3 is 1. The number of carbonyl (C=O) groups is 1. The molecule has 0 aliphatic carbocycles. The van der Waals surface area contributed by atoms with Gasteiger partial charge in [-0.25, -0.2) is 5.01 Å². The van der Waals surface area contributed by atoms with Crippen LogP contribution in [0.4, 0.5) is 0 Å². The van der Waals surface area contributed by atoms with Crippen LogP contribution in [0.15, 0.2) is 90.0 Å². The minimum atomic E-state index is -0.775. The molecule has 5 nitrogen and oxygen atoms in total. The molecule has 4 rings (SSSR count). The maximum atomic E-state index is 13.5. The summed E-state index contributed by atoms with van der Waals surface area (Å²) in [7, 11) is 1.52. The van der Waals surface area contributed by atoms with Crippen molar-refractivity contribution in [2.45, 2.75) is 18.6 Å². The van der Waals surface area contributed by atoms with Crippen molar-refractivity contribution >= 4 is 11.6 Å². The van der Waals surface area contributed by atoms with Gasteiger partial charge < -0.3 is 9.84 Å². The number of hydrazone groups is 1.